The Morgan fingerprint density at radius 3 is 2.41 bits per heavy atom. The second-order valence-electron chi connectivity index (χ2n) is 7.62. The van der Waals surface area contributed by atoms with Crippen molar-refractivity contribution in [3.63, 3.8) is 0 Å². The fourth-order valence-corrected chi connectivity index (χ4v) is 3.02. The molecule has 0 saturated carbocycles. The van der Waals surface area contributed by atoms with E-state index in [1.165, 1.54) is 29.2 Å². The molecule has 1 heterocycles. The zero-order valence-corrected chi connectivity index (χ0v) is 16.3. The predicted molar refractivity (Wildman–Crippen MR) is 108 cm³/mol. The van der Waals surface area contributed by atoms with Crippen molar-refractivity contribution in [2.24, 2.45) is 0 Å². The third-order valence-electron chi connectivity index (χ3n) is 4.28. The van der Waals surface area contributed by atoms with E-state index in [0.717, 1.165) is 5.56 Å². The lowest BCUT2D eigenvalue weighted by Gasteiger charge is -2.28. The number of amides is 2. The van der Waals surface area contributed by atoms with Gasteiger partial charge in [0.15, 0.2) is 0 Å². The van der Waals surface area contributed by atoms with Crippen molar-refractivity contribution in [1.82, 2.24) is 5.43 Å². The number of fused-ring (bicyclic) bond motifs is 1. The van der Waals surface area contributed by atoms with Crippen molar-refractivity contribution >= 4 is 29.1 Å². The molecule has 9 heteroatoms. The van der Waals surface area contributed by atoms with Crippen LogP contribution in [0.3, 0.4) is 0 Å². The van der Waals surface area contributed by atoms with Gasteiger partial charge in [-0.3, -0.25) is 30.7 Å². The Balaban J connectivity index is 1.74. The lowest BCUT2D eigenvalue weighted by atomic mass is 10.1. The molecule has 0 aliphatic carbocycles. The molecule has 2 amide bonds. The summed E-state index contributed by atoms with van der Waals surface area (Å²) in [5.41, 5.74) is 6.51. The van der Waals surface area contributed by atoms with E-state index < -0.39 is 28.6 Å². The minimum atomic E-state index is -0.784. The number of benzene rings is 2. The summed E-state index contributed by atoms with van der Waals surface area (Å²) in [4.78, 5) is 37.1. The second kappa shape index (κ2) is 7.78. The molecule has 9 nitrogen and oxygen atoms in total. The predicted octanol–water partition coefficient (Wildman–Crippen LogP) is 3.40. The Hall–Kier alpha value is -3.62. The highest BCUT2D eigenvalue weighted by atomic mass is 16.6. The maximum atomic E-state index is 12.8. The molecule has 0 saturated heterocycles. The minimum absolute atomic E-state index is 0.0516. The number of nitrogens with one attached hydrogen (secondary N) is 2. The number of hydrogen-bond donors (Lipinski definition) is 2. The second-order valence-corrected chi connectivity index (χ2v) is 7.62. The van der Waals surface area contributed by atoms with Gasteiger partial charge in [-0.15, -0.1) is 0 Å². The number of carbonyl (C=O) groups is 2. The Kier molecular flexibility index (Phi) is 5.40. The highest BCUT2D eigenvalue weighted by Gasteiger charge is 2.40. The first-order chi connectivity index (χ1) is 13.7. The number of carbonyl (C=O) groups excluding carboxylic acids is 2. The maximum Gasteiger partial charge on any atom is 0.415 e. The van der Waals surface area contributed by atoms with Crippen LogP contribution in [0.1, 0.15) is 26.3 Å². The van der Waals surface area contributed by atoms with E-state index in [9.17, 15) is 19.7 Å². The van der Waals surface area contributed by atoms with Gasteiger partial charge in [0.25, 0.3) is 11.6 Å². The summed E-state index contributed by atoms with van der Waals surface area (Å²) in [6.45, 7) is 5.29. The Bertz CT molecular complexity index is 937. The van der Waals surface area contributed by atoms with Crippen LogP contribution in [-0.2, 0) is 16.0 Å². The normalized spacial score (nSPS) is 15.4. The molecule has 0 spiro atoms. The number of anilines is 2. The Labute approximate surface area is 167 Å². The summed E-state index contributed by atoms with van der Waals surface area (Å²) in [6, 6.07) is 12.1. The van der Waals surface area contributed by atoms with Gasteiger partial charge in [0.05, 0.1) is 16.3 Å². The van der Waals surface area contributed by atoms with Gasteiger partial charge < -0.3 is 4.74 Å². The molecule has 1 atom stereocenters. The molecule has 152 valence electrons. The molecule has 2 N–H and O–H groups in total. The number of nitro benzene ring substituents is 1. The van der Waals surface area contributed by atoms with E-state index in [4.69, 9.17) is 4.74 Å². The van der Waals surface area contributed by atoms with Crippen molar-refractivity contribution in [3.05, 3.63) is 64.2 Å². The molecule has 0 fully saturated rings. The van der Waals surface area contributed by atoms with Crippen LogP contribution in [0.2, 0.25) is 0 Å². The van der Waals surface area contributed by atoms with Crippen LogP contribution >= 0.6 is 0 Å². The average Bonchev–Trinajstić information content (AvgIpc) is 3.05. The molecular weight excluding hydrogens is 376 g/mol. The van der Waals surface area contributed by atoms with Gasteiger partial charge in [0.2, 0.25) is 0 Å². The number of non-ortho nitro benzene ring substituents is 1. The quantitative estimate of drug-likeness (QED) is 0.603. The third-order valence-corrected chi connectivity index (χ3v) is 4.28. The van der Waals surface area contributed by atoms with Crippen LogP contribution in [-0.4, -0.2) is 28.6 Å². The first kappa shape index (κ1) is 20.1. The van der Waals surface area contributed by atoms with Gasteiger partial charge in [0.1, 0.15) is 11.6 Å². The summed E-state index contributed by atoms with van der Waals surface area (Å²) in [5, 5.41) is 10.7. The Morgan fingerprint density at radius 1 is 1.14 bits per heavy atom. The smallest absolute Gasteiger partial charge is 0.415 e. The number of para-hydroxylation sites is 1. The third kappa shape index (κ3) is 4.63. The van der Waals surface area contributed by atoms with Gasteiger partial charge in [-0.1, -0.05) is 18.2 Å². The van der Waals surface area contributed by atoms with Crippen LogP contribution in [0.25, 0.3) is 0 Å². The summed E-state index contributed by atoms with van der Waals surface area (Å²) >= 11 is 0. The van der Waals surface area contributed by atoms with E-state index in [1.807, 2.05) is 12.1 Å². The van der Waals surface area contributed by atoms with Gasteiger partial charge in [-0.2, -0.15) is 0 Å². The minimum Gasteiger partial charge on any atom is -0.443 e. The summed E-state index contributed by atoms with van der Waals surface area (Å²) in [6.07, 6.45) is -0.249. The van der Waals surface area contributed by atoms with Gasteiger partial charge in [-0.05, 0) is 44.5 Å². The molecule has 2 aromatic carbocycles. The van der Waals surface area contributed by atoms with Crippen molar-refractivity contribution in [2.75, 3.05) is 10.3 Å². The molecule has 0 bridgehead atoms. The highest BCUT2D eigenvalue weighted by Crippen LogP contribution is 2.33. The van der Waals surface area contributed by atoms with Crippen molar-refractivity contribution in [2.45, 2.75) is 38.8 Å². The Morgan fingerprint density at radius 2 is 1.79 bits per heavy atom. The van der Waals surface area contributed by atoms with Crippen LogP contribution in [0.4, 0.5) is 21.9 Å². The molecule has 1 aliphatic rings. The topological polar surface area (TPSA) is 114 Å². The monoisotopic (exact) mass is 398 g/mol. The highest BCUT2D eigenvalue weighted by molar-refractivity contribution is 6.00. The number of hydrazine groups is 1. The largest absolute Gasteiger partial charge is 0.443 e. The fourth-order valence-electron chi connectivity index (χ4n) is 3.02. The zero-order valence-electron chi connectivity index (χ0n) is 16.3. The van der Waals surface area contributed by atoms with Crippen LogP contribution in [0.5, 0.6) is 0 Å². The standard InChI is InChI=1S/C20H22N4O5/c1-20(2,3)29-19(26)23-16-7-5-4-6-13(16)12-17(23)18(25)22-21-14-8-10-15(11-9-14)24(27)28/h4-11,17,21H,12H2,1-3H3,(H,22,25)/t17-/m0/s1. The van der Waals surface area contributed by atoms with E-state index in [1.54, 1.807) is 32.9 Å². The van der Waals surface area contributed by atoms with Crippen LogP contribution < -0.4 is 15.8 Å². The maximum absolute atomic E-state index is 12.8. The molecule has 29 heavy (non-hydrogen) atoms. The fraction of sp³-hybridized carbons (Fsp3) is 0.300. The average molecular weight is 398 g/mol. The zero-order chi connectivity index (χ0) is 21.2. The van der Waals surface area contributed by atoms with Crippen LogP contribution in [0.15, 0.2) is 48.5 Å². The molecule has 0 radical (unpaired) electrons. The number of hydrogen-bond acceptors (Lipinski definition) is 6. The molecule has 1 aliphatic heterocycles. The van der Waals surface area contributed by atoms with Crippen molar-refractivity contribution < 1.29 is 19.2 Å². The molecule has 2 aromatic rings. The number of rotatable bonds is 4. The van der Waals surface area contributed by atoms with E-state index in [-0.39, 0.29) is 5.69 Å². The molecule has 0 unspecified atom stereocenters. The lowest BCUT2D eigenvalue weighted by molar-refractivity contribution is -0.384. The molecule has 3 rings (SSSR count). The molecular formula is C20H22N4O5. The first-order valence-corrected chi connectivity index (χ1v) is 9.06. The van der Waals surface area contributed by atoms with Crippen molar-refractivity contribution in [3.8, 4) is 0 Å². The van der Waals surface area contributed by atoms with Crippen molar-refractivity contribution in [1.29, 1.82) is 0 Å². The van der Waals surface area contributed by atoms with E-state index >= 15 is 0 Å². The number of ether oxygens (including phenoxy) is 1. The SMILES string of the molecule is CC(C)(C)OC(=O)N1c2ccccc2C[C@H]1C(=O)NNc1ccc([N+](=O)[O-])cc1. The number of nitrogens with zero attached hydrogens (tertiary/aromatic N) is 2. The summed E-state index contributed by atoms with van der Waals surface area (Å²) < 4.78 is 5.48. The van der Waals surface area contributed by atoms with Crippen LogP contribution in [0, 0.1) is 10.1 Å². The van der Waals surface area contributed by atoms with E-state index in [2.05, 4.69) is 10.9 Å². The summed E-state index contributed by atoms with van der Waals surface area (Å²) in [7, 11) is 0. The summed E-state index contributed by atoms with van der Waals surface area (Å²) in [5.74, 6) is -0.426. The van der Waals surface area contributed by atoms with Gasteiger partial charge in [-0.25, -0.2) is 4.79 Å². The van der Waals surface area contributed by atoms with Gasteiger partial charge >= 0.3 is 6.09 Å². The van der Waals surface area contributed by atoms with Gasteiger partial charge in [0, 0.05) is 18.6 Å². The molecule has 0 aromatic heterocycles. The van der Waals surface area contributed by atoms with E-state index in [0.29, 0.717) is 17.8 Å². The lowest BCUT2D eigenvalue weighted by Crippen LogP contribution is -2.50. The first-order valence-electron chi connectivity index (χ1n) is 9.06. The number of nitro groups is 1.